The molecule has 0 atom stereocenters. The Balaban J connectivity index is -0.0000000877. The van der Waals surface area contributed by atoms with Crippen LogP contribution in [0.2, 0.25) is 13.1 Å². The van der Waals surface area contributed by atoms with Crippen LogP contribution in [0.3, 0.4) is 0 Å². The summed E-state index contributed by atoms with van der Waals surface area (Å²) in [6.07, 6.45) is 14.7. The maximum Gasteiger partial charge on any atom is 0.0213 e. The van der Waals surface area contributed by atoms with Crippen molar-refractivity contribution in [1.29, 1.82) is 0 Å². The molecule has 19 heavy (non-hydrogen) atoms. The Hall–Kier alpha value is 0.627. The Morgan fingerprint density at radius 2 is 1.53 bits per heavy atom. The summed E-state index contributed by atoms with van der Waals surface area (Å²) in [5.41, 5.74) is 3.98. The van der Waals surface area contributed by atoms with E-state index in [1.807, 2.05) is 0 Å². The molecule has 0 saturated heterocycles. The van der Waals surface area contributed by atoms with E-state index in [9.17, 15) is 0 Å². The van der Waals surface area contributed by atoms with E-state index in [2.05, 4.69) is 64.2 Å². The average Bonchev–Trinajstić information content (AvgIpc) is 2.83. The van der Waals surface area contributed by atoms with Gasteiger partial charge in [0.2, 0.25) is 0 Å². The SMILES string of the molecule is CC1=[C-]CC=C1.CC1=[C-]CC=C1C.C[SiH]C.Cl.Cl.[Hf]. The Bertz CT molecular complexity index is 299. The molecule has 109 valence electrons. The Morgan fingerprint density at radius 1 is 1.00 bits per heavy atom. The molecule has 2 aliphatic carbocycles. The molecule has 0 N–H and O–H groups in total. The molecule has 4 heteroatoms. The predicted molar refractivity (Wildman–Crippen MR) is 90.4 cm³/mol. The first-order valence-corrected chi connectivity index (χ1v) is 8.15. The molecule has 0 aromatic rings. The molecule has 0 nitrogen and oxygen atoms in total. The maximum absolute atomic E-state index is 3.19. The van der Waals surface area contributed by atoms with Gasteiger partial charge in [0.05, 0.1) is 0 Å². The number of hydrogen-bond donors (Lipinski definition) is 0. The monoisotopic (exact) mass is 483 g/mol. The minimum Gasteiger partial charge on any atom is -0.270 e. The van der Waals surface area contributed by atoms with Crippen molar-refractivity contribution in [1.82, 2.24) is 0 Å². The van der Waals surface area contributed by atoms with Crippen LogP contribution >= 0.6 is 24.8 Å². The first-order valence-electron chi connectivity index (χ1n) is 5.84. The Labute approximate surface area is 153 Å². The van der Waals surface area contributed by atoms with Gasteiger partial charge >= 0.3 is 0 Å². The van der Waals surface area contributed by atoms with Crippen LogP contribution in [0.5, 0.6) is 0 Å². The molecular weight excluding hydrogens is 458 g/mol. The van der Waals surface area contributed by atoms with E-state index in [0.717, 1.165) is 22.4 Å². The molecule has 0 heterocycles. The number of allylic oxidation sites excluding steroid dienone is 8. The van der Waals surface area contributed by atoms with Gasteiger partial charge in [-0.15, -0.1) is 44.6 Å². The minimum atomic E-state index is 0. The van der Waals surface area contributed by atoms with Crippen LogP contribution < -0.4 is 0 Å². The summed E-state index contributed by atoms with van der Waals surface area (Å²) in [4.78, 5) is 0. The third-order valence-electron chi connectivity index (χ3n) is 2.23. The van der Waals surface area contributed by atoms with Crippen molar-refractivity contribution in [2.45, 2.75) is 46.7 Å². The third-order valence-corrected chi connectivity index (χ3v) is 2.23. The second-order valence-electron chi connectivity index (χ2n) is 3.94. The second-order valence-corrected chi connectivity index (χ2v) is 5.09. The van der Waals surface area contributed by atoms with Crippen molar-refractivity contribution < 1.29 is 25.8 Å². The summed E-state index contributed by atoms with van der Waals surface area (Å²) in [5, 5.41) is 0. The fraction of sp³-hybridized carbons (Fsp3) is 0.467. The van der Waals surface area contributed by atoms with Gasteiger partial charge in [0.25, 0.3) is 0 Å². The van der Waals surface area contributed by atoms with Crippen LogP contribution in [0.15, 0.2) is 34.9 Å². The molecule has 0 amide bonds. The van der Waals surface area contributed by atoms with Gasteiger partial charge in [-0.05, 0) is 0 Å². The molecule has 2 rings (SSSR count). The molecule has 0 aromatic heterocycles. The normalized spacial score (nSPS) is 13.8. The topological polar surface area (TPSA) is 0 Å². The van der Waals surface area contributed by atoms with Crippen molar-refractivity contribution in [3.8, 4) is 0 Å². The van der Waals surface area contributed by atoms with Crippen LogP contribution in [0.25, 0.3) is 0 Å². The zero-order chi connectivity index (χ0) is 12.4. The van der Waals surface area contributed by atoms with Crippen molar-refractivity contribution >= 4 is 34.3 Å². The molecule has 0 aliphatic heterocycles. The summed E-state index contributed by atoms with van der Waals surface area (Å²) in [7, 11) is 0.750. The third kappa shape index (κ3) is 16.6. The molecule has 0 aromatic carbocycles. The van der Waals surface area contributed by atoms with E-state index in [4.69, 9.17) is 0 Å². The predicted octanol–water partition coefficient (Wildman–Crippen LogP) is 5.14. The van der Waals surface area contributed by atoms with Crippen molar-refractivity contribution in [3.05, 3.63) is 47.1 Å². The van der Waals surface area contributed by atoms with Gasteiger partial charge in [-0.1, -0.05) is 26.9 Å². The maximum atomic E-state index is 3.19. The molecule has 2 aliphatic rings. The van der Waals surface area contributed by atoms with Crippen molar-refractivity contribution in [3.63, 3.8) is 0 Å². The smallest absolute Gasteiger partial charge is 0.0213 e. The summed E-state index contributed by atoms with van der Waals surface area (Å²) in [6.45, 7) is 10.7. The first-order chi connectivity index (χ1) is 7.61. The van der Waals surface area contributed by atoms with E-state index in [1.165, 1.54) is 16.7 Å². The number of rotatable bonds is 0. The van der Waals surface area contributed by atoms with Crippen LogP contribution in [0.1, 0.15) is 33.6 Å². The van der Waals surface area contributed by atoms with Gasteiger partial charge < -0.3 is 0 Å². The van der Waals surface area contributed by atoms with E-state index in [1.54, 1.807) is 0 Å². The summed E-state index contributed by atoms with van der Waals surface area (Å²) < 4.78 is 0. The minimum absolute atomic E-state index is 0. The Kier molecular flexibility index (Phi) is 27.3. The standard InChI is InChI=1S/C7H9.C6H7.C2H7Si.2ClH.Hf/c1-6-4-3-5-7(6)2;1-6-4-2-3-5-6;1-3-2;;;/h4H,3H2,1-2H3;2,4H,3H2,1H3;3H,1-2H3;2*1H;/q2*-1;;;;. The fourth-order valence-electron chi connectivity index (χ4n) is 1.16. The van der Waals surface area contributed by atoms with E-state index in [-0.39, 0.29) is 50.7 Å². The second kappa shape index (κ2) is 18.6. The number of halogens is 2. The van der Waals surface area contributed by atoms with E-state index < -0.39 is 0 Å². The van der Waals surface area contributed by atoms with Gasteiger partial charge in [0.15, 0.2) is 0 Å². The van der Waals surface area contributed by atoms with Gasteiger partial charge in [-0.2, -0.15) is 12.2 Å². The molecule has 0 fully saturated rings. The van der Waals surface area contributed by atoms with E-state index in [0.29, 0.717) is 0 Å². The molecular formula is C15H25Cl2HfSi-2. The van der Waals surface area contributed by atoms with Crippen molar-refractivity contribution in [2.75, 3.05) is 0 Å². The average molecular weight is 483 g/mol. The molecule has 0 saturated carbocycles. The quantitative estimate of drug-likeness (QED) is 0.331. The van der Waals surface area contributed by atoms with Crippen molar-refractivity contribution in [2.24, 2.45) is 0 Å². The van der Waals surface area contributed by atoms with E-state index >= 15 is 0 Å². The molecule has 0 unspecified atom stereocenters. The summed E-state index contributed by atoms with van der Waals surface area (Å²) in [6, 6.07) is 0. The zero-order valence-electron chi connectivity index (χ0n) is 12.5. The first kappa shape index (κ1) is 27.9. The van der Waals surface area contributed by atoms with Crippen LogP contribution in [-0.4, -0.2) is 9.52 Å². The van der Waals surface area contributed by atoms with Gasteiger partial charge in [-0.3, -0.25) is 12.2 Å². The van der Waals surface area contributed by atoms with Crippen LogP contribution in [0.4, 0.5) is 0 Å². The Morgan fingerprint density at radius 3 is 1.63 bits per heavy atom. The van der Waals surface area contributed by atoms with Gasteiger partial charge in [-0.25, -0.2) is 22.8 Å². The van der Waals surface area contributed by atoms with Gasteiger partial charge in [0.1, 0.15) is 0 Å². The summed E-state index contributed by atoms with van der Waals surface area (Å²) in [5.74, 6) is 0. The summed E-state index contributed by atoms with van der Waals surface area (Å²) >= 11 is 0. The number of hydrogen-bond acceptors (Lipinski definition) is 0. The molecule has 0 spiro atoms. The fourth-order valence-corrected chi connectivity index (χ4v) is 1.16. The van der Waals surface area contributed by atoms with Crippen LogP contribution in [0, 0.1) is 12.2 Å². The molecule has 1 radical (unpaired) electrons. The largest absolute Gasteiger partial charge is 0.270 e. The van der Waals surface area contributed by atoms with Crippen LogP contribution in [-0.2, 0) is 25.8 Å². The molecule has 0 bridgehead atoms. The zero-order valence-corrected chi connectivity index (χ0v) is 18.9. The van der Waals surface area contributed by atoms with Gasteiger partial charge in [0, 0.05) is 35.4 Å².